The van der Waals surface area contributed by atoms with E-state index < -0.39 is 17.7 Å². The Morgan fingerprint density at radius 3 is 2.81 bits per heavy atom. The Morgan fingerprint density at radius 1 is 1.38 bits per heavy atom. The Bertz CT molecular complexity index is 471. The zero-order valence-corrected chi connectivity index (χ0v) is 9.18. The molecule has 1 atom stereocenters. The van der Waals surface area contributed by atoms with E-state index in [4.69, 9.17) is 5.73 Å². The quantitative estimate of drug-likeness (QED) is 0.895. The second-order valence-corrected chi connectivity index (χ2v) is 4.42. The first-order valence-corrected chi connectivity index (χ1v) is 5.62. The highest BCUT2D eigenvalue weighted by atomic mass is 32.1. The van der Waals surface area contributed by atoms with E-state index in [-0.39, 0.29) is 0 Å². The zero-order chi connectivity index (χ0) is 11.5. The van der Waals surface area contributed by atoms with Crippen LogP contribution in [0.25, 0.3) is 0 Å². The van der Waals surface area contributed by atoms with E-state index >= 15 is 0 Å². The van der Waals surface area contributed by atoms with Crippen LogP contribution in [0.4, 0.5) is 8.78 Å². The van der Waals surface area contributed by atoms with E-state index in [2.05, 4.69) is 4.98 Å². The molecule has 2 nitrogen and oxygen atoms in total. The van der Waals surface area contributed by atoms with Crippen LogP contribution in [0.15, 0.2) is 29.9 Å². The van der Waals surface area contributed by atoms with Gasteiger partial charge in [0.15, 0.2) is 0 Å². The minimum atomic E-state index is -0.600. The number of benzene rings is 1. The minimum absolute atomic E-state index is 0.329. The normalized spacial score (nSPS) is 12.7. The van der Waals surface area contributed by atoms with Crippen molar-refractivity contribution in [1.82, 2.24) is 4.98 Å². The van der Waals surface area contributed by atoms with Crippen molar-refractivity contribution < 1.29 is 8.78 Å². The summed E-state index contributed by atoms with van der Waals surface area (Å²) in [5, 5.41) is 0. The van der Waals surface area contributed by atoms with Gasteiger partial charge in [0.25, 0.3) is 0 Å². The molecule has 1 heterocycles. The topological polar surface area (TPSA) is 38.9 Å². The van der Waals surface area contributed by atoms with Crippen LogP contribution in [-0.4, -0.2) is 4.98 Å². The Balaban J connectivity index is 2.17. The minimum Gasteiger partial charge on any atom is -0.324 e. The fraction of sp³-hybridized carbons (Fsp3) is 0.182. The Kier molecular flexibility index (Phi) is 3.26. The number of nitrogens with two attached hydrogens (primary N) is 1. The Morgan fingerprint density at radius 2 is 2.19 bits per heavy atom. The van der Waals surface area contributed by atoms with Crippen LogP contribution in [0.5, 0.6) is 0 Å². The fourth-order valence-corrected chi connectivity index (χ4v) is 2.13. The molecule has 2 aromatic rings. The molecule has 2 rings (SSSR count). The molecule has 0 amide bonds. The van der Waals surface area contributed by atoms with Crippen molar-refractivity contribution in [3.8, 4) is 0 Å². The smallest absolute Gasteiger partial charge is 0.130 e. The summed E-state index contributed by atoms with van der Waals surface area (Å²) in [6.45, 7) is 0. The SMILES string of the molecule is NC(Cc1cncs1)c1ccc(F)cc1F. The van der Waals surface area contributed by atoms with E-state index in [1.54, 1.807) is 11.7 Å². The molecule has 16 heavy (non-hydrogen) atoms. The largest absolute Gasteiger partial charge is 0.324 e. The van der Waals surface area contributed by atoms with Gasteiger partial charge in [-0.3, -0.25) is 4.98 Å². The van der Waals surface area contributed by atoms with Gasteiger partial charge in [0.05, 0.1) is 5.51 Å². The summed E-state index contributed by atoms with van der Waals surface area (Å²) in [5.74, 6) is -1.19. The summed E-state index contributed by atoms with van der Waals surface area (Å²) in [4.78, 5) is 4.90. The highest BCUT2D eigenvalue weighted by molar-refractivity contribution is 7.09. The monoisotopic (exact) mass is 240 g/mol. The summed E-state index contributed by atoms with van der Waals surface area (Å²) >= 11 is 1.47. The Hall–Kier alpha value is -1.33. The van der Waals surface area contributed by atoms with Gasteiger partial charge in [0.2, 0.25) is 0 Å². The molecule has 0 aliphatic rings. The number of aromatic nitrogens is 1. The van der Waals surface area contributed by atoms with Gasteiger partial charge in [-0.15, -0.1) is 11.3 Å². The van der Waals surface area contributed by atoms with Gasteiger partial charge in [-0.1, -0.05) is 6.07 Å². The lowest BCUT2D eigenvalue weighted by Gasteiger charge is -2.11. The summed E-state index contributed by atoms with van der Waals surface area (Å²) in [6.07, 6.45) is 2.21. The highest BCUT2D eigenvalue weighted by Gasteiger charge is 2.13. The predicted molar refractivity (Wildman–Crippen MR) is 59.1 cm³/mol. The molecule has 1 aromatic carbocycles. The summed E-state index contributed by atoms with van der Waals surface area (Å²) < 4.78 is 26.1. The van der Waals surface area contributed by atoms with Gasteiger partial charge < -0.3 is 5.73 Å². The molecule has 84 valence electrons. The maximum atomic E-state index is 13.4. The lowest BCUT2D eigenvalue weighted by molar-refractivity contribution is 0.555. The first kappa shape index (κ1) is 11.2. The number of hydrogen-bond donors (Lipinski definition) is 1. The molecule has 2 N–H and O–H groups in total. The molecule has 0 fully saturated rings. The first-order chi connectivity index (χ1) is 7.66. The van der Waals surface area contributed by atoms with E-state index in [0.29, 0.717) is 12.0 Å². The molecule has 0 saturated heterocycles. The van der Waals surface area contributed by atoms with Crippen LogP contribution in [0.2, 0.25) is 0 Å². The molecule has 0 spiro atoms. The van der Waals surface area contributed by atoms with Gasteiger partial charge in [-0.2, -0.15) is 0 Å². The van der Waals surface area contributed by atoms with Crippen molar-refractivity contribution in [3.05, 3.63) is 52.0 Å². The van der Waals surface area contributed by atoms with E-state index in [1.807, 2.05) is 0 Å². The van der Waals surface area contributed by atoms with Gasteiger partial charge in [0, 0.05) is 35.2 Å². The van der Waals surface area contributed by atoms with Crippen LogP contribution in [0.3, 0.4) is 0 Å². The third kappa shape index (κ3) is 2.43. The average molecular weight is 240 g/mol. The number of nitrogens with zero attached hydrogens (tertiary/aromatic N) is 1. The summed E-state index contributed by atoms with van der Waals surface area (Å²) in [6, 6.07) is 2.98. The number of thiazole rings is 1. The first-order valence-electron chi connectivity index (χ1n) is 4.74. The molecular formula is C11H10F2N2S. The maximum absolute atomic E-state index is 13.4. The van der Waals surface area contributed by atoms with Crippen molar-refractivity contribution in [1.29, 1.82) is 0 Å². The van der Waals surface area contributed by atoms with Crippen LogP contribution in [0.1, 0.15) is 16.5 Å². The summed E-state index contributed by atoms with van der Waals surface area (Å²) in [5.41, 5.74) is 7.88. The molecule has 0 bridgehead atoms. The molecule has 0 saturated carbocycles. The van der Waals surface area contributed by atoms with E-state index in [0.717, 1.165) is 10.9 Å². The zero-order valence-electron chi connectivity index (χ0n) is 8.36. The molecule has 0 aliphatic heterocycles. The second-order valence-electron chi connectivity index (χ2n) is 3.44. The molecule has 1 aromatic heterocycles. The fourth-order valence-electron chi connectivity index (χ4n) is 1.47. The third-order valence-corrected chi connectivity index (χ3v) is 3.07. The predicted octanol–water partition coefficient (Wildman–Crippen LogP) is 2.66. The van der Waals surface area contributed by atoms with Gasteiger partial charge >= 0.3 is 0 Å². The van der Waals surface area contributed by atoms with Crippen LogP contribution in [0, 0.1) is 11.6 Å². The van der Waals surface area contributed by atoms with Crippen molar-refractivity contribution in [2.45, 2.75) is 12.5 Å². The number of hydrogen-bond acceptors (Lipinski definition) is 3. The van der Waals surface area contributed by atoms with Gasteiger partial charge in [0.1, 0.15) is 11.6 Å². The lowest BCUT2D eigenvalue weighted by Crippen LogP contribution is -2.14. The Labute approximate surface area is 95.7 Å². The standard InChI is InChI=1S/C11H10F2N2S/c12-7-1-2-9(10(13)3-7)11(14)4-8-5-15-6-16-8/h1-3,5-6,11H,4,14H2. The second kappa shape index (κ2) is 4.67. The van der Waals surface area contributed by atoms with Crippen LogP contribution >= 0.6 is 11.3 Å². The van der Waals surface area contributed by atoms with Crippen molar-refractivity contribution in [2.75, 3.05) is 0 Å². The lowest BCUT2D eigenvalue weighted by atomic mass is 10.0. The average Bonchev–Trinajstić information content (AvgIpc) is 2.70. The van der Waals surface area contributed by atoms with Crippen LogP contribution in [-0.2, 0) is 6.42 Å². The van der Waals surface area contributed by atoms with Crippen molar-refractivity contribution in [2.24, 2.45) is 5.73 Å². The van der Waals surface area contributed by atoms with Crippen LogP contribution < -0.4 is 5.73 Å². The molecule has 1 unspecified atom stereocenters. The highest BCUT2D eigenvalue weighted by Crippen LogP contribution is 2.21. The van der Waals surface area contributed by atoms with E-state index in [9.17, 15) is 8.78 Å². The molecule has 0 radical (unpaired) electrons. The summed E-state index contributed by atoms with van der Waals surface area (Å²) in [7, 11) is 0. The number of halogens is 2. The molecular weight excluding hydrogens is 230 g/mol. The number of rotatable bonds is 3. The molecule has 0 aliphatic carbocycles. The van der Waals surface area contributed by atoms with Crippen molar-refractivity contribution >= 4 is 11.3 Å². The maximum Gasteiger partial charge on any atom is 0.130 e. The van der Waals surface area contributed by atoms with E-state index in [1.165, 1.54) is 23.5 Å². The van der Waals surface area contributed by atoms with Gasteiger partial charge in [-0.05, 0) is 6.07 Å². The third-order valence-electron chi connectivity index (χ3n) is 2.27. The van der Waals surface area contributed by atoms with Crippen molar-refractivity contribution in [3.63, 3.8) is 0 Å². The molecule has 5 heteroatoms. The van der Waals surface area contributed by atoms with Gasteiger partial charge in [-0.25, -0.2) is 8.78 Å².